The molecule has 1 aromatic carbocycles. The molecule has 0 heterocycles. The summed E-state index contributed by atoms with van der Waals surface area (Å²) in [4.78, 5) is 0.417. The van der Waals surface area contributed by atoms with E-state index in [-0.39, 0.29) is 0 Å². The zero-order chi connectivity index (χ0) is 10.2. The Morgan fingerprint density at radius 3 is 2.08 bits per heavy atom. The number of rotatable bonds is 1. The maximum absolute atomic E-state index is 10.8. The Kier molecular flexibility index (Phi) is 2.88. The van der Waals surface area contributed by atoms with Crippen LogP contribution in [0.4, 0.5) is 0 Å². The fourth-order valence-corrected chi connectivity index (χ4v) is 2.02. The van der Waals surface area contributed by atoms with E-state index in [1.165, 1.54) is 5.56 Å². The normalized spacial score (nSPS) is 13.0. The summed E-state index contributed by atoms with van der Waals surface area (Å²) in [6.45, 7) is 7.73. The molecule has 0 aliphatic carbocycles. The van der Waals surface area contributed by atoms with Crippen LogP contribution in [0.15, 0.2) is 11.0 Å². The van der Waals surface area contributed by atoms with Gasteiger partial charge < -0.3 is 4.55 Å². The molecule has 0 aromatic heterocycles. The van der Waals surface area contributed by atoms with Gasteiger partial charge in [-0.25, -0.2) is 0 Å². The Labute approximate surface area is 81.3 Å². The van der Waals surface area contributed by atoms with Gasteiger partial charge in [-0.2, -0.15) is 0 Å². The van der Waals surface area contributed by atoms with Gasteiger partial charge in [0.25, 0.3) is 0 Å². The fourth-order valence-electron chi connectivity index (χ4n) is 1.35. The minimum absolute atomic E-state index is 0.417. The van der Waals surface area contributed by atoms with Crippen LogP contribution < -0.4 is 0 Å². The highest BCUT2D eigenvalue weighted by atomic mass is 32.2. The van der Waals surface area contributed by atoms with E-state index in [2.05, 4.69) is 0 Å². The maximum Gasteiger partial charge on any atom is 0.0283 e. The second-order valence-electron chi connectivity index (χ2n) is 3.30. The lowest BCUT2D eigenvalue weighted by Crippen LogP contribution is -1.99. The standard InChI is InChI=1S/C10H14O2S/c1-6-5-10(13(11)12)9(4)8(3)7(6)2/h5H,1-4H3,(H,11,12)/p-1. The highest BCUT2D eigenvalue weighted by molar-refractivity contribution is 7.79. The minimum Gasteiger partial charge on any atom is -0.768 e. The van der Waals surface area contributed by atoms with E-state index >= 15 is 0 Å². The summed E-state index contributed by atoms with van der Waals surface area (Å²) in [5.41, 5.74) is 4.13. The summed E-state index contributed by atoms with van der Waals surface area (Å²) in [5.74, 6) is 0. The first-order chi connectivity index (χ1) is 5.95. The third-order valence-corrected chi connectivity index (χ3v) is 3.40. The molecular formula is C10H13O2S-. The molecular weight excluding hydrogens is 184 g/mol. The summed E-state index contributed by atoms with van der Waals surface area (Å²) >= 11 is -2.12. The van der Waals surface area contributed by atoms with Crippen molar-refractivity contribution in [3.63, 3.8) is 0 Å². The SMILES string of the molecule is Cc1cc(S(=O)[O-])c(C)c(C)c1C. The molecule has 1 aromatic rings. The lowest BCUT2D eigenvalue weighted by atomic mass is 10.00. The van der Waals surface area contributed by atoms with Crippen molar-refractivity contribution in [2.24, 2.45) is 0 Å². The van der Waals surface area contributed by atoms with Gasteiger partial charge in [0, 0.05) is 4.90 Å². The predicted molar refractivity (Wildman–Crippen MR) is 52.6 cm³/mol. The predicted octanol–water partition coefficient (Wildman–Crippen LogP) is 2.16. The van der Waals surface area contributed by atoms with Crippen molar-refractivity contribution in [2.45, 2.75) is 32.6 Å². The van der Waals surface area contributed by atoms with Crippen molar-refractivity contribution in [2.75, 3.05) is 0 Å². The molecule has 0 spiro atoms. The molecule has 0 aliphatic heterocycles. The third-order valence-electron chi connectivity index (χ3n) is 2.61. The van der Waals surface area contributed by atoms with Crippen molar-refractivity contribution in [1.29, 1.82) is 0 Å². The lowest BCUT2D eigenvalue weighted by molar-refractivity contribution is 0.536. The molecule has 1 unspecified atom stereocenters. The average molecular weight is 197 g/mol. The summed E-state index contributed by atoms with van der Waals surface area (Å²) in [7, 11) is 0. The van der Waals surface area contributed by atoms with Gasteiger partial charge in [0.15, 0.2) is 0 Å². The van der Waals surface area contributed by atoms with Crippen molar-refractivity contribution < 1.29 is 8.76 Å². The Morgan fingerprint density at radius 2 is 1.62 bits per heavy atom. The van der Waals surface area contributed by atoms with Gasteiger partial charge in [-0.3, -0.25) is 4.21 Å². The summed E-state index contributed by atoms with van der Waals surface area (Å²) in [6, 6.07) is 1.72. The van der Waals surface area contributed by atoms with Crippen molar-refractivity contribution in [3.8, 4) is 0 Å². The quantitative estimate of drug-likeness (QED) is 0.647. The lowest BCUT2D eigenvalue weighted by Gasteiger charge is -2.15. The van der Waals surface area contributed by atoms with Crippen LogP contribution in [0.5, 0.6) is 0 Å². The van der Waals surface area contributed by atoms with Gasteiger partial charge in [0.1, 0.15) is 0 Å². The Bertz CT molecular complexity index is 370. The van der Waals surface area contributed by atoms with E-state index in [1.54, 1.807) is 6.07 Å². The molecule has 0 saturated carbocycles. The van der Waals surface area contributed by atoms with Gasteiger partial charge in [-0.1, -0.05) is 0 Å². The van der Waals surface area contributed by atoms with E-state index in [0.717, 1.165) is 16.7 Å². The molecule has 0 fully saturated rings. The van der Waals surface area contributed by atoms with Gasteiger partial charge in [-0.05, 0) is 67.1 Å². The van der Waals surface area contributed by atoms with Crippen molar-refractivity contribution in [3.05, 3.63) is 28.3 Å². The van der Waals surface area contributed by atoms with E-state index in [1.807, 2.05) is 27.7 Å². The number of hydrogen-bond donors (Lipinski definition) is 0. The second-order valence-corrected chi connectivity index (χ2v) is 4.21. The van der Waals surface area contributed by atoms with Gasteiger partial charge in [0.05, 0.1) is 0 Å². The summed E-state index contributed by atoms with van der Waals surface area (Å²) in [6.07, 6.45) is 0. The number of hydrogen-bond acceptors (Lipinski definition) is 2. The zero-order valence-corrected chi connectivity index (χ0v) is 9.12. The molecule has 0 saturated heterocycles. The van der Waals surface area contributed by atoms with Crippen LogP contribution in [-0.2, 0) is 11.1 Å². The number of aryl methyl sites for hydroxylation is 1. The molecule has 13 heavy (non-hydrogen) atoms. The van der Waals surface area contributed by atoms with Gasteiger partial charge in [-0.15, -0.1) is 0 Å². The van der Waals surface area contributed by atoms with Crippen LogP contribution in [0.1, 0.15) is 22.3 Å². The van der Waals surface area contributed by atoms with E-state index in [0.29, 0.717) is 4.90 Å². The maximum atomic E-state index is 10.8. The third kappa shape index (κ3) is 1.81. The molecule has 0 aliphatic rings. The van der Waals surface area contributed by atoms with E-state index in [4.69, 9.17) is 0 Å². The zero-order valence-electron chi connectivity index (χ0n) is 8.30. The molecule has 3 heteroatoms. The molecule has 72 valence electrons. The van der Waals surface area contributed by atoms with Crippen LogP contribution in [-0.4, -0.2) is 8.76 Å². The van der Waals surface area contributed by atoms with Crippen molar-refractivity contribution in [1.82, 2.24) is 0 Å². The highest BCUT2D eigenvalue weighted by Gasteiger charge is 2.06. The molecule has 0 radical (unpaired) electrons. The largest absolute Gasteiger partial charge is 0.768 e. The van der Waals surface area contributed by atoms with Crippen LogP contribution in [0.3, 0.4) is 0 Å². The van der Waals surface area contributed by atoms with E-state index < -0.39 is 11.1 Å². The highest BCUT2D eigenvalue weighted by Crippen LogP contribution is 2.22. The average Bonchev–Trinajstić information content (AvgIpc) is 2.07. The first-order valence-corrected chi connectivity index (χ1v) is 5.19. The topological polar surface area (TPSA) is 40.1 Å². The van der Waals surface area contributed by atoms with Crippen LogP contribution in [0, 0.1) is 27.7 Å². The first kappa shape index (κ1) is 10.4. The Hall–Kier alpha value is -0.670. The summed E-state index contributed by atoms with van der Waals surface area (Å²) < 4.78 is 21.7. The molecule has 1 atom stereocenters. The van der Waals surface area contributed by atoms with E-state index in [9.17, 15) is 8.76 Å². The monoisotopic (exact) mass is 197 g/mol. The Morgan fingerprint density at radius 1 is 1.08 bits per heavy atom. The first-order valence-electron chi connectivity index (χ1n) is 4.11. The fraction of sp³-hybridized carbons (Fsp3) is 0.400. The Balaban J connectivity index is 3.50. The minimum atomic E-state index is -2.12. The molecule has 0 N–H and O–H groups in total. The molecule has 1 rings (SSSR count). The van der Waals surface area contributed by atoms with Crippen LogP contribution in [0.25, 0.3) is 0 Å². The van der Waals surface area contributed by atoms with Gasteiger partial charge >= 0.3 is 0 Å². The molecule has 0 bridgehead atoms. The second kappa shape index (κ2) is 3.60. The summed E-state index contributed by atoms with van der Waals surface area (Å²) in [5, 5.41) is 0. The molecule has 2 nitrogen and oxygen atoms in total. The molecule has 0 amide bonds. The van der Waals surface area contributed by atoms with Gasteiger partial charge in [0.2, 0.25) is 0 Å². The van der Waals surface area contributed by atoms with Crippen LogP contribution in [0.2, 0.25) is 0 Å². The number of benzene rings is 1. The smallest absolute Gasteiger partial charge is 0.0283 e. The van der Waals surface area contributed by atoms with Crippen molar-refractivity contribution >= 4 is 11.1 Å². The van der Waals surface area contributed by atoms with Crippen LogP contribution >= 0.6 is 0 Å².